The third-order valence-corrected chi connectivity index (χ3v) is 5.17. The van der Waals surface area contributed by atoms with Crippen molar-refractivity contribution in [1.29, 1.82) is 0 Å². The first kappa shape index (κ1) is 16.6. The second-order valence-corrected chi connectivity index (χ2v) is 7.02. The number of nitrogens with zero attached hydrogens (tertiary/aromatic N) is 1. The molecule has 5 heteroatoms. The largest absolute Gasteiger partial charge is 0.508 e. The molecule has 0 spiro atoms. The highest BCUT2D eigenvalue weighted by Crippen LogP contribution is 2.25. The summed E-state index contributed by atoms with van der Waals surface area (Å²) < 4.78 is 13.0. The Kier molecular flexibility index (Phi) is 4.37. The number of benzene rings is 2. The van der Waals surface area contributed by atoms with Gasteiger partial charge in [-0.2, -0.15) is 0 Å². The molecule has 0 bridgehead atoms. The number of carbonyl (C=O) groups is 1. The number of H-pyrrole nitrogens is 1. The number of amides is 1. The molecule has 4 rings (SSSR count). The molecule has 1 aliphatic rings. The second kappa shape index (κ2) is 6.83. The monoisotopic (exact) mass is 352 g/mol. The van der Waals surface area contributed by atoms with Gasteiger partial charge in [0.2, 0.25) is 0 Å². The molecule has 1 amide bonds. The van der Waals surface area contributed by atoms with E-state index in [1.165, 1.54) is 12.1 Å². The van der Waals surface area contributed by atoms with Gasteiger partial charge >= 0.3 is 0 Å². The van der Waals surface area contributed by atoms with Crippen molar-refractivity contribution in [2.75, 3.05) is 13.1 Å². The molecule has 134 valence electrons. The van der Waals surface area contributed by atoms with E-state index >= 15 is 0 Å². The number of carbonyl (C=O) groups excluding carboxylic acids is 1. The Hall–Kier alpha value is -2.82. The van der Waals surface area contributed by atoms with Gasteiger partial charge in [-0.3, -0.25) is 4.79 Å². The van der Waals surface area contributed by atoms with Crippen molar-refractivity contribution < 1.29 is 14.3 Å². The van der Waals surface area contributed by atoms with E-state index in [2.05, 4.69) is 4.98 Å². The lowest BCUT2D eigenvalue weighted by Crippen LogP contribution is -2.39. The molecule has 2 heterocycles. The van der Waals surface area contributed by atoms with Gasteiger partial charge in [0.25, 0.3) is 5.91 Å². The molecular weight excluding hydrogens is 331 g/mol. The summed E-state index contributed by atoms with van der Waals surface area (Å²) in [4.78, 5) is 17.8. The summed E-state index contributed by atoms with van der Waals surface area (Å²) >= 11 is 0. The van der Waals surface area contributed by atoms with Crippen LogP contribution >= 0.6 is 0 Å². The fraction of sp³-hybridized carbons (Fsp3) is 0.286. The zero-order valence-electron chi connectivity index (χ0n) is 14.4. The van der Waals surface area contributed by atoms with E-state index in [0.717, 1.165) is 48.8 Å². The Morgan fingerprint density at radius 3 is 2.58 bits per heavy atom. The lowest BCUT2D eigenvalue weighted by atomic mass is 9.90. The van der Waals surface area contributed by atoms with Gasteiger partial charge in [0.05, 0.1) is 0 Å². The van der Waals surface area contributed by atoms with E-state index in [-0.39, 0.29) is 17.5 Å². The van der Waals surface area contributed by atoms with Gasteiger partial charge in [-0.15, -0.1) is 0 Å². The molecule has 1 saturated heterocycles. The summed E-state index contributed by atoms with van der Waals surface area (Å²) in [5, 5.41) is 10.4. The number of aromatic nitrogens is 1. The van der Waals surface area contributed by atoms with E-state index in [1.54, 1.807) is 24.3 Å². The van der Waals surface area contributed by atoms with E-state index in [9.17, 15) is 14.3 Å². The summed E-state index contributed by atoms with van der Waals surface area (Å²) in [6.45, 7) is 1.45. The van der Waals surface area contributed by atoms with E-state index < -0.39 is 0 Å². The fourth-order valence-electron chi connectivity index (χ4n) is 3.70. The van der Waals surface area contributed by atoms with E-state index in [4.69, 9.17) is 0 Å². The minimum Gasteiger partial charge on any atom is -0.508 e. The van der Waals surface area contributed by atoms with Crippen LogP contribution in [-0.4, -0.2) is 34.0 Å². The topological polar surface area (TPSA) is 56.3 Å². The third kappa shape index (κ3) is 3.43. The number of fused-ring (bicyclic) bond motifs is 1. The number of phenolic OH excluding ortho intramolecular Hbond substituents is 1. The van der Waals surface area contributed by atoms with E-state index in [1.807, 2.05) is 17.0 Å². The van der Waals surface area contributed by atoms with Gasteiger partial charge in [0, 0.05) is 24.0 Å². The fourth-order valence-corrected chi connectivity index (χ4v) is 3.70. The molecule has 1 aliphatic heterocycles. The van der Waals surface area contributed by atoms with Crippen LogP contribution in [0.1, 0.15) is 28.9 Å². The van der Waals surface area contributed by atoms with Crippen LogP contribution in [0.3, 0.4) is 0 Å². The van der Waals surface area contributed by atoms with Gasteiger partial charge in [0.1, 0.15) is 17.3 Å². The molecule has 0 radical (unpaired) electrons. The zero-order valence-corrected chi connectivity index (χ0v) is 14.4. The molecule has 26 heavy (non-hydrogen) atoms. The number of aromatic hydroxyl groups is 1. The normalized spacial score (nSPS) is 15.5. The Morgan fingerprint density at radius 2 is 1.85 bits per heavy atom. The maximum atomic E-state index is 13.0. The number of rotatable bonds is 3. The molecular formula is C21H21FN2O2. The van der Waals surface area contributed by atoms with Gasteiger partial charge < -0.3 is 15.0 Å². The van der Waals surface area contributed by atoms with Crippen molar-refractivity contribution in [3.8, 4) is 5.75 Å². The number of aromatic amines is 1. The van der Waals surface area contributed by atoms with Crippen molar-refractivity contribution in [3.63, 3.8) is 0 Å². The third-order valence-electron chi connectivity index (χ3n) is 5.17. The average Bonchev–Trinajstić information content (AvgIpc) is 3.07. The van der Waals surface area contributed by atoms with Gasteiger partial charge in [-0.05, 0) is 67.1 Å². The van der Waals surface area contributed by atoms with Crippen LogP contribution in [0.5, 0.6) is 5.75 Å². The maximum absolute atomic E-state index is 13.0. The van der Waals surface area contributed by atoms with E-state index in [0.29, 0.717) is 11.6 Å². The van der Waals surface area contributed by atoms with Crippen molar-refractivity contribution in [1.82, 2.24) is 9.88 Å². The maximum Gasteiger partial charge on any atom is 0.270 e. The predicted octanol–water partition coefficient (Wildman–Crippen LogP) is 4.11. The minimum absolute atomic E-state index is 0.000854. The Balaban J connectivity index is 1.38. The Labute approximate surface area is 151 Å². The van der Waals surface area contributed by atoms with Crippen LogP contribution in [-0.2, 0) is 6.42 Å². The summed E-state index contributed by atoms with van der Waals surface area (Å²) in [5.74, 6) is 0.503. The standard InChI is InChI=1S/C21H21FN2O2/c22-17-3-1-14(2-4-17)11-15-7-9-24(10-8-15)21(26)20-13-16-12-18(25)5-6-19(16)23-20/h1-6,12-13,15,23,25H,7-11H2. The van der Waals surface area contributed by atoms with Crippen LogP contribution in [0.25, 0.3) is 10.9 Å². The first-order chi connectivity index (χ1) is 12.6. The molecule has 0 atom stereocenters. The Bertz CT molecular complexity index is 925. The highest BCUT2D eigenvalue weighted by atomic mass is 19.1. The van der Waals surface area contributed by atoms with Crippen molar-refractivity contribution in [2.45, 2.75) is 19.3 Å². The van der Waals surface area contributed by atoms with Crippen LogP contribution in [0, 0.1) is 11.7 Å². The van der Waals surface area contributed by atoms with Crippen molar-refractivity contribution >= 4 is 16.8 Å². The number of halogens is 1. The first-order valence-corrected chi connectivity index (χ1v) is 8.94. The van der Waals surface area contributed by atoms with Crippen molar-refractivity contribution in [2.24, 2.45) is 5.92 Å². The molecule has 4 nitrogen and oxygen atoms in total. The molecule has 3 aromatic rings. The lowest BCUT2D eigenvalue weighted by molar-refractivity contribution is 0.0685. The smallest absolute Gasteiger partial charge is 0.270 e. The molecule has 1 aromatic heterocycles. The Morgan fingerprint density at radius 1 is 1.12 bits per heavy atom. The highest BCUT2D eigenvalue weighted by Gasteiger charge is 2.24. The van der Waals surface area contributed by atoms with Crippen LogP contribution < -0.4 is 0 Å². The minimum atomic E-state index is -0.208. The summed E-state index contributed by atoms with van der Waals surface area (Å²) in [6, 6.07) is 13.5. The number of likely N-dealkylation sites (tertiary alicyclic amines) is 1. The quantitative estimate of drug-likeness (QED) is 0.745. The van der Waals surface area contributed by atoms with Crippen molar-refractivity contribution in [3.05, 3.63) is 65.6 Å². The molecule has 1 fully saturated rings. The first-order valence-electron chi connectivity index (χ1n) is 8.94. The zero-order chi connectivity index (χ0) is 18.1. The molecule has 0 aliphatic carbocycles. The molecule has 0 saturated carbocycles. The van der Waals surface area contributed by atoms with Crippen LogP contribution in [0.15, 0.2) is 48.5 Å². The SMILES string of the molecule is O=C(c1cc2cc(O)ccc2[nH]1)N1CCC(Cc2ccc(F)cc2)CC1. The number of hydrogen-bond donors (Lipinski definition) is 2. The summed E-state index contributed by atoms with van der Waals surface area (Å²) in [6.07, 6.45) is 2.82. The highest BCUT2D eigenvalue weighted by molar-refractivity contribution is 5.98. The van der Waals surface area contributed by atoms with Gasteiger partial charge in [0.15, 0.2) is 0 Å². The lowest BCUT2D eigenvalue weighted by Gasteiger charge is -2.31. The summed E-state index contributed by atoms with van der Waals surface area (Å²) in [7, 11) is 0. The second-order valence-electron chi connectivity index (χ2n) is 7.02. The number of nitrogens with one attached hydrogen (secondary N) is 1. The molecule has 2 aromatic carbocycles. The number of hydrogen-bond acceptors (Lipinski definition) is 2. The van der Waals surface area contributed by atoms with Gasteiger partial charge in [-0.1, -0.05) is 12.1 Å². The summed E-state index contributed by atoms with van der Waals surface area (Å²) in [5.41, 5.74) is 2.55. The van der Waals surface area contributed by atoms with Crippen LogP contribution in [0.2, 0.25) is 0 Å². The number of phenols is 1. The molecule has 2 N–H and O–H groups in total. The van der Waals surface area contributed by atoms with Gasteiger partial charge in [-0.25, -0.2) is 4.39 Å². The predicted molar refractivity (Wildman–Crippen MR) is 98.7 cm³/mol. The molecule has 0 unspecified atom stereocenters. The van der Waals surface area contributed by atoms with Crippen LogP contribution in [0.4, 0.5) is 4.39 Å². The average molecular weight is 352 g/mol. The number of piperidine rings is 1.